The molecule has 1 N–H and O–H groups in total. The van der Waals surface area contributed by atoms with E-state index in [4.69, 9.17) is 5.11 Å². The van der Waals surface area contributed by atoms with Gasteiger partial charge in [-0.1, -0.05) is 12.1 Å². The van der Waals surface area contributed by atoms with Crippen molar-refractivity contribution in [1.82, 2.24) is 0 Å². The minimum atomic E-state index is -2.92. The van der Waals surface area contributed by atoms with Crippen molar-refractivity contribution in [2.24, 2.45) is 0 Å². The maximum Gasteiger partial charge on any atom is 0.355 e. The summed E-state index contributed by atoms with van der Waals surface area (Å²) in [6, 6.07) is 5.49. The zero-order chi connectivity index (χ0) is 9.84. The third-order valence-corrected chi connectivity index (χ3v) is 1.56. The minimum absolute atomic E-state index is 0.188. The Morgan fingerprint density at radius 1 is 1.46 bits per heavy atom. The molecule has 70 valence electrons. The van der Waals surface area contributed by atoms with E-state index in [0.29, 0.717) is 0 Å². The number of phenolic OH excluding ortho intramolecular Hbond substituents is 1. The Kier molecular flexibility index (Phi) is 2.99. The van der Waals surface area contributed by atoms with Gasteiger partial charge in [0.05, 0.1) is 0 Å². The van der Waals surface area contributed by atoms with Crippen LogP contribution in [0.3, 0.4) is 0 Å². The number of rotatable bonds is 2. The third kappa shape index (κ3) is 2.53. The first-order valence-corrected chi connectivity index (χ1v) is 4.21. The number of hydrogen-bond acceptors (Lipinski definition) is 5. The van der Waals surface area contributed by atoms with Gasteiger partial charge >= 0.3 is 5.97 Å². The second-order valence-corrected chi connectivity index (χ2v) is 2.67. The number of aromatic hydroxyl groups is 1. The van der Waals surface area contributed by atoms with Crippen LogP contribution >= 0.6 is 0 Å². The quantitative estimate of drug-likeness (QED) is 0.697. The first kappa shape index (κ1) is 9.69. The molecule has 13 heavy (non-hydrogen) atoms. The van der Waals surface area contributed by atoms with Crippen LogP contribution in [0.15, 0.2) is 24.3 Å². The van der Waals surface area contributed by atoms with Crippen LogP contribution < -0.4 is 0 Å². The summed E-state index contributed by atoms with van der Waals surface area (Å²) in [4.78, 5) is 10.9. The Hall–Kier alpha value is -1.40. The van der Waals surface area contributed by atoms with Crippen LogP contribution in [0.25, 0.3) is 0 Å². The van der Waals surface area contributed by atoms with Gasteiger partial charge in [0.15, 0.2) is 0 Å². The fourth-order valence-corrected chi connectivity index (χ4v) is 0.966. The van der Waals surface area contributed by atoms with Gasteiger partial charge in [-0.05, 0) is 12.1 Å². The Balaban J connectivity index is 2.89. The van der Waals surface area contributed by atoms with Crippen molar-refractivity contribution in [3.8, 4) is 5.75 Å². The molecule has 1 rings (SSSR count). The van der Waals surface area contributed by atoms with Gasteiger partial charge in [0.2, 0.25) is 0 Å². The fourth-order valence-electron chi connectivity index (χ4n) is 0.753. The van der Waals surface area contributed by atoms with Crippen molar-refractivity contribution < 1.29 is 22.8 Å². The molecule has 0 aliphatic rings. The molecule has 6 heteroatoms. The highest BCUT2D eigenvalue weighted by Crippen LogP contribution is 2.16. The summed E-state index contributed by atoms with van der Waals surface area (Å²) < 4.78 is 23.8. The Bertz CT molecular complexity index is 348. The van der Waals surface area contributed by atoms with Gasteiger partial charge in [-0.3, -0.25) is 0 Å². The largest absolute Gasteiger partial charge is 0.740 e. The predicted molar refractivity (Wildman–Crippen MR) is 42.4 cm³/mol. The topological polar surface area (TPSA) is 86.7 Å². The smallest absolute Gasteiger partial charge is 0.355 e. The highest BCUT2D eigenvalue weighted by molar-refractivity contribution is 7.74. The molecular weight excluding hydrogens is 196 g/mol. The molecule has 0 aliphatic carbocycles. The average molecular weight is 201 g/mol. The molecule has 0 saturated heterocycles. The lowest BCUT2D eigenvalue weighted by atomic mass is 10.2. The Labute approximate surface area is 76.5 Å². The minimum Gasteiger partial charge on any atom is -0.740 e. The van der Waals surface area contributed by atoms with Crippen LogP contribution in [-0.4, -0.2) is 19.8 Å². The van der Waals surface area contributed by atoms with Gasteiger partial charge in [0.1, 0.15) is 22.7 Å². The summed E-state index contributed by atoms with van der Waals surface area (Å²) in [6.45, 7) is 0. The van der Waals surface area contributed by atoms with E-state index < -0.39 is 17.3 Å². The normalized spacial score (nSPS) is 12.1. The number of carbonyl (C=O) groups excluding carboxylic acids is 1. The predicted octanol–water partition coefficient (Wildman–Crippen LogP) is 0.343. The zero-order valence-electron chi connectivity index (χ0n) is 6.30. The summed E-state index contributed by atoms with van der Waals surface area (Å²) >= 11 is -2.92. The summed E-state index contributed by atoms with van der Waals surface area (Å²) in [6.07, 6.45) is 0. The molecule has 0 radical (unpaired) electrons. The van der Waals surface area contributed by atoms with E-state index in [1.807, 2.05) is 0 Å². The molecular formula is C7H5O5S-. The van der Waals surface area contributed by atoms with Crippen LogP contribution in [0.4, 0.5) is 0 Å². The second-order valence-electron chi connectivity index (χ2n) is 2.09. The third-order valence-electron chi connectivity index (χ3n) is 1.27. The molecule has 0 fully saturated rings. The molecule has 0 bridgehead atoms. The van der Waals surface area contributed by atoms with Gasteiger partial charge in [-0.25, -0.2) is 9.00 Å². The Morgan fingerprint density at radius 3 is 2.62 bits per heavy atom. The van der Waals surface area contributed by atoms with Crippen LogP contribution in [0.1, 0.15) is 10.4 Å². The molecule has 1 aromatic carbocycles. The lowest BCUT2D eigenvalue weighted by Gasteiger charge is -2.05. The van der Waals surface area contributed by atoms with Gasteiger partial charge < -0.3 is 13.8 Å². The monoisotopic (exact) mass is 201 g/mol. The second kappa shape index (κ2) is 4.01. The van der Waals surface area contributed by atoms with Crippen LogP contribution in [0.5, 0.6) is 5.75 Å². The van der Waals surface area contributed by atoms with Gasteiger partial charge in [0, 0.05) is 0 Å². The van der Waals surface area contributed by atoms with Crippen LogP contribution in [0, 0.1) is 0 Å². The van der Waals surface area contributed by atoms with Crippen molar-refractivity contribution in [2.45, 2.75) is 0 Å². The molecule has 1 atom stereocenters. The summed E-state index contributed by atoms with van der Waals surface area (Å²) in [7, 11) is 0. The molecule has 0 amide bonds. The number of carbonyl (C=O) groups is 1. The van der Waals surface area contributed by atoms with Crippen molar-refractivity contribution in [1.29, 1.82) is 0 Å². The summed E-state index contributed by atoms with van der Waals surface area (Å²) in [5, 5.41) is 9.09. The standard InChI is InChI=1S/C7H6O5S/c8-6-4-2-1-3-5(6)7(9)12-13(10)11/h1-4,8H,(H,10,11)/p-1. The number of para-hydroxylation sites is 1. The molecule has 0 spiro atoms. The van der Waals surface area contributed by atoms with Gasteiger partial charge in [-0.15, -0.1) is 0 Å². The molecule has 0 aliphatic heterocycles. The molecule has 1 aromatic rings. The number of benzene rings is 1. The average Bonchev–Trinajstić information content (AvgIpc) is 2.03. The van der Waals surface area contributed by atoms with Crippen LogP contribution in [0.2, 0.25) is 0 Å². The van der Waals surface area contributed by atoms with E-state index in [1.54, 1.807) is 0 Å². The lowest BCUT2D eigenvalue weighted by molar-refractivity contribution is 0.0739. The maximum absolute atomic E-state index is 10.9. The van der Waals surface area contributed by atoms with Crippen molar-refractivity contribution in [2.75, 3.05) is 0 Å². The fraction of sp³-hybridized carbons (Fsp3) is 0. The van der Waals surface area contributed by atoms with E-state index in [1.165, 1.54) is 24.3 Å². The highest BCUT2D eigenvalue weighted by atomic mass is 32.2. The molecule has 0 aromatic heterocycles. The van der Waals surface area contributed by atoms with E-state index >= 15 is 0 Å². The van der Waals surface area contributed by atoms with E-state index in [2.05, 4.69) is 4.18 Å². The van der Waals surface area contributed by atoms with Crippen molar-refractivity contribution >= 4 is 17.3 Å². The molecule has 1 unspecified atom stereocenters. The Morgan fingerprint density at radius 2 is 2.08 bits per heavy atom. The zero-order valence-corrected chi connectivity index (χ0v) is 7.11. The summed E-state index contributed by atoms with van der Waals surface area (Å²) in [5.74, 6) is -1.43. The first-order valence-electron chi connectivity index (χ1n) is 3.21. The van der Waals surface area contributed by atoms with Gasteiger partial charge in [-0.2, -0.15) is 0 Å². The maximum atomic E-state index is 10.9. The molecule has 0 saturated carbocycles. The van der Waals surface area contributed by atoms with Crippen molar-refractivity contribution in [3.05, 3.63) is 29.8 Å². The summed E-state index contributed by atoms with van der Waals surface area (Å²) in [5.41, 5.74) is -0.188. The molecule has 0 heterocycles. The highest BCUT2D eigenvalue weighted by Gasteiger charge is 2.11. The van der Waals surface area contributed by atoms with E-state index in [-0.39, 0.29) is 11.3 Å². The molecule has 5 nitrogen and oxygen atoms in total. The van der Waals surface area contributed by atoms with Crippen molar-refractivity contribution in [3.63, 3.8) is 0 Å². The first-order chi connectivity index (χ1) is 6.11. The number of phenols is 1. The lowest BCUT2D eigenvalue weighted by Crippen LogP contribution is -2.07. The van der Waals surface area contributed by atoms with E-state index in [9.17, 15) is 13.6 Å². The van der Waals surface area contributed by atoms with Crippen LogP contribution in [-0.2, 0) is 15.5 Å². The SMILES string of the molecule is O=C(OS(=O)[O-])c1ccccc1O. The number of hydrogen-bond donors (Lipinski definition) is 1. The van der Waals surface area contributed by atoms with Gasteiger partial charge in [0.25, 0.3) is 0 Å². The van der Waals surface area contributed by atoms with E-state index in [0.717, 1.165) is 0 Å².